The lowest BCUT2D eigenvalue weighted by molar-refractivity contribution is -0.114. The van der Waals surface area contributed by atoms with Crippen LogP contribution in [0.2, 0.25) is 0 Å². The lowest BCUT2D eigenvalue weighted by Crippen LogP contribution is -2.27. The average molecular weight is 267 g/mol. The molecule has 2 amide bonds. The molecule has 7 nitrogen and oxygen atoms in total. The van der Waals surface area contributed by atoms with Crippen LogP contribution < -0.4 is 10.6 Å². The van der Waals surface area contributed by atoms with Gasteiger partial charge in [-0.05, 0) is 12.1 Å². The highest BCUT2D eigenvalue weighted by molar-refractivity contribution is 5.96. The van der Waals surface area contributed by atoms with E-state index >= 15 is 0 Å². The average Bonchev–Trinajstić information content (AvgIpc) is 2.38. The third kappa shape index (κ3) is 5.94. The van der Waals surface area contributed by atoms with E-state index < -0.39 is 0 Å². The number of nitrogens with one attached hydrogen (secondary N) is 2. The van der Waals surface area contributed by atoms with Gasteiger partial charge in [-0.3, -0.25) is 9.59 Å². The van der Waals surface area contributed by atoms with Gasteiger partial charge in [0.25, 0.3) is 5.91 Å². The molecule has 104 valence electrons. The summed E-state index contributed by atoms with van der Waals surface area (Å²) in [5, 5.41) is 13.7. The Morgan fingerprint density at radius 2 is 2.21 bits per heavy atom. The van der Waals surface area contributed by atoms with E-state index in [9.17, 15) is 9.59 Å². The fourth-order valence-electron chi connectivity index (χ4n) is 1.33. The molecule has 0 spiro atoms. The molecule has 0 aliphatic carbocycles. The Kier molecular flexibility index (Phi) is 6.48. The van der Waals surface area contributed by atoms with E-state index in [-0.39, 0.29) is 25.0 Å². The molecule has 0 unspecified atom stereocenters. The molecule has 1 aromatic heterocycles. The molecule has 0 saturated heterocycles. The van der Waals surface area contributed by atoms with Crippen molar-refractivity contribution in [2.24, 2.45) is 0 Å². The van der Waals surface area contributed by atoms with Gasteiger partial charge in [0.1, 0.15) is 5.82 Å². The number of ether oxygens (including phenoxy) is 1. The smallest absolute Gasteiger partial charge is 0.251 e. The van der Waals surface area contributed by atoms with Gasteiger partial charge >= 0.3 is 0 Å². The topological polar surface area (TPSA) is 101 Å². The van der Waals surface area contributed by atoms with Crippen molar-refractivity contribution in [1.29, 1.82) is 0 Å². The molecule has 0 aliphatic rings. The van der Waals surface area contributed by atoms with Gasteiger partial charge in [0.15, 0.2) is 0 Å². The lowest BCUT2D eigenvalue weighted by Gasteiger charge is -2.07. The van der Waals surface area contributed by atoms with Crippen molar-refractivity contribution in [3.8, 4) is 0 Å². The van der Waals surface area contributed by atoms with Gasteiger partial charge in [-0.2, -0.15) is 0 Å². The van der Waals surface area contributed by atoms with Crippen LogP contribution in [0.5, 0.6) is 0 Å². The summed E-state index contributed by atoms with van der Waals surface area (Å²) in [5.74, 6) is -0.194. The zero-order valence-corrected chi connectivity index (χ0v) is 10.7. The minimum atomic E-state index is -0.276. The van der Waals surface area contributed by atoms with Gasteiger partial charge in [-0.1, -0.05) is 0 Å². The van der Waals surface area contributed by atoms with Gasteiger partial charge in [-0.15, -0.1) is 0 Å². The second-order valence-electron chi connectivity index (χ2n) is 3.70. The summed E-state index contributed by atoms with van der Waals surface area (Å²) >= 11 is 0. The van der Waals surface area contributed by atoms with Gasteiger partial charge in [-0.25, -0.2) is 4.98 Å². The second-order valence-corrected chi connectivity index (χ2v) is 3.70. The van der Waals surface area contributed by atoms with Crippen LogP contribution in [0.25, 0.3) is 0 Å². The Balaban J connectivity index is 2.45. The monoisotopic (exact) mass is 267 g/mol. The maximum absolute atomic E-state index is 11.8. The highest BCUT2D eigenvalue weighted by Crippen LogP contribution is 2.06. The van der Waals surface area contributed by atoms with Crippen molar-refractivity contribution in [3.63, 3.8) is 0 Å². The fourth-order valence-corrected chi connectivity index (χ4v) is 1.33. The van der Waals surface area contributed by atoms with E-state index in [4.69, 9.17) is 9.84 Å². The lowest BCUT2D eigenvalue weighted by atomic mass is 10.2. The third-order valence-corrected chi connectivity index (χ3v) is 2.09. The summed E-state index contributed by atoms with van der Waals surface area (Å²) in [6.07, 6.45) is 1.45. The number of hydrogen-bond acceptors (Lipinski definition) is 5. The van der Waals surface area contributed by atoms with Crippen molar-refractivity contribution < 1.29 is 19.4 Å². The van der Waals surface area contributed by atoms with Crippen LogP contribution in [0.15, 0.2) is 18.3 Å². The van der Waals surface area contributed by atoms with Crippen LogP contribution in [0.3, 0.4) is 0 Å². The van der Waals surface area contributed by atoms with E-state index in [0.29, 0.717) is 24.5 Å². The maximum Gasteiger partial charge on any atom is 0.251 e. The van der Waals surface area contributed by atoms with Crippen LogP contribution in [-0.4, -0.2) is 48.3 Å². The zero-order valence-electron chi connectivity index (χ0n) is 10.7. The molecule has 1 heterocycles. The third-order valence-electron chi connectivity index (χ3n) is 2.09. The molecule has 3 N–H and O–H groups in total. The first-order valence-electron chi connectivity index (χ1n) is 5.84. The van der Waals surface area contributed by atoms with Crippen LogP contribution in [0.4, 0.5) is 5.82 Å². The molecule has 1 rings (SSSR count). The van der Waals surface area contributed by atoms with E-state index in [1.165, 1.54) is 19.2 Å². The normalized spacial score (nSPS) is 10.0. The van der Waals surface area contributed by atoms with E-state index in [2.05, 4.69) is 15.6 Å². The predicted octanol–water partition coefficient (Wildman–Crippen LogP) is -0.221. The first kappa shape index (κ1) is 15.1. The molecule has 0 bridgehead atoms. The minimum absolute atomic E-state index is 0.0433. The Morgan fingerprint density at radius 3 is 2.89 bits per heavy atom. The van der Waals surface area contributed by atoms with E-state index in [1.807, 2.05) is 0 Å². The molecule has 19 heavy (non-hydrogen) atoms. The number of aromatic nitrogens is 1. The van der Waals surface area contributed by atoms with Crippen molar-refractivity contribution in [2.45, 2.75) is 6.92 Å². The number of amides is 2. The number of rotatable bonds is 7. The highest BCUT2D eigenvalue weighted by atomic mass is 16.5. The Labute approximate surface area is 111 Å². The number of anilines is 1. The van der Waals surface area contributed by atoms with Crippen LogP contribution >= 0.6 is 0 Å². The first-order chi connectivity index (χ1) is 9.13. The number of hydrogen-bond donors (Lipinski definition) is 3. The molecular weight excluding hydrogens is 250 g/mol. The van der Waals surface area contributed by atoms with Gasteiger partial charge in [0.2, 0.25) is 5.91 Å². The number of aliphatic hydroxyl groups excluding tert-OH is 1. The van der Waals surface area contributed by atoms with Gasteiger partial charge in [0, 0.05) is 25.2 Å². The van der Waals surface area contributed by atoms with Gasteiger partial charge < -0.3 is 20.5 Å². The maximum atomic E-state index is 11.8. The number of carbonyl (C=O) groups is 2. The number of pyridine rings is 1. The SMILES string of the molecule is CC(=O)Nc1cc(C(=O)NCCOCCO)ccn1. The largest absolute Gasteiger partial charge is 0.394 e. The predicted molar refractivity (Wildman–Crippen MR) is 68.8 cm³/mol. The van der Waals surface area contributed by atoms with Crippen molar-refractivity contribution >= 4 is 17.6 Å². The number of aliphatic hydroxyl groups is 1. The van der Waals surface area contributed by atoms with E-state index in [0.717, 1.165) is 0 Å². The van der Waals surface area contributed by atoms with Crippen molar-refractivity contribution in [1.82, 2.24) is 10.3 Å². The number of carbonyl (C=O) groups excluding carboxylic acids is 2. The summed E-state index contributed by atoms with van der Waals surface area (Å²) in [6.45, 7) is 2.25. The minimum Gasteiger partial charge on any atom is -0.394 e. The van der Waals surface area contributed by atoms with Crippen LogP contribution in [0.1, 0.15) is 17.3 Å². The standard InChI is InChI=1S/C12H17N3O4/c1-9(17)15-11-8-10(2-3-13-11)12(18)14-4-6-19-7-5-16/h2-3,8,16H,4-7H2,1H3,(H,14,18)(H,13,15,17). The first-order valence-corrected chi connectivity index (χ1v) is 5.84. The molecule has 0 saturated carbocycles. The highest BCUT2D eigenvalue weighted by Gasteiger charge is 2.06. The molecule has 7 heteroatoms. The molecule has 0 aromatic carbocycles. The zero-order chi connectivity index (χ0) is 14.1. The summed E-state index contributed by atoms with van der Waals surface area (Å²) in [5.41, 5.74) is 0.404. The van der Waals surface area contributed by atoms with Crippen LogP contribution in [-0.2, 0) is 9.53 Å². The summed E-state index contributed by atoms with van der Waals surface area (Å²) in [6, 6.07) is 3.04. The second kappa shape index (κ2) is 8.17. The Bertz CT molecular complexity index is 437. The molecular formula is C12H17N3O4. The molecule has 0 aliphatic heterocycles. The van der Waals surface area contributed by atoms with E-state index in [1.54, 1.807) is 6.07 Å². The molecule has 0 radical (unpaired) electrons. The quantitative estimate of drug-likeness (QED) is 0.593. The summed E-state index contributed by atoms with van der Waals surface area (Å²) < 4.78 is 5.01. The molecule has 0 atom stereocenters. The van der Waals surface area contributed by atoms with Gasteiger partial charge in [0.05, 0.1) is 19.8 Å². The van der Waals surface area contributed by atoms with Crippen molar-refractivity contribution in [3.05, 3.63) is 23.9 Å². The van der Waals surface area contributed by atoms with Crippen LogP contribution in [0, 0.1) is 0 Å². The Morgan fingerprint density at radius 1 is 1.42 bits per heavy atom. The Hall–Kier alpha value is -1.99. The summed E-state index contributed by atoms with van der Waals surface area (Å²) in [4.78, 5) is 26.6. The molecule has 0 fully saturated rings. The molecule has 1 aromatic rings. The number of nitrogens with zero attached hydrogens (tertiary/aromatic N) is 1. The van der Waals surface area contributed by atoms with Crippen molar-refractivity contribution in [2.75, 3.05) is 31.7 Å². The fraction of sp³-hybridized carbons (Fsp3) is 0.417. The summed E-state index contributed by atoms with van der Waals surface area (Å²) in [7, 11) is 0.